The lowest BCUT2D eigenvalue weighted by Crippen LogP contribution is -2.41. The van der Waals surface area contributed by atoms with Crippen molar-refractivity contribution < 1.29 is 9.21 Å². The largest absolute Gasteiger partial charge is 0.469 e. The number of aryl methyl sites for hydroxylation is 1. The first-order valence-corrected chi connectivity index (χ1v) is 7.34. The molecule has 2 aromatic rings. The Kier molecular flexibility index (Phi) is 5.88. The second-order valence-electron chi connectivity index (χ2n) is 5.15. The molecule has 1 aromatic heterocycles. The predicted octanol–water partition coefficient (Wildman–Crippen LogP) is 3.14. The maximum Gasteiger partial charge on any atom is 0.315 e. The van der Waals surface area contributed by atoms with E-state index in [1.54, 1.807) is 6.26 Å². The van der Waals surface area contributed by atoms with Crippen LogP contribution in [0.15, 0.2) is 53.1 Å². The highest BCUT2D eigenvalue weighted by atomic mass is 16.3. The number of nitrogens with one attached hydrogen (secondary N) is 2. The van der Waals surface area contributed by atoms with E-state index in [9.17, 15) is 4.79 Å². The predicted molar refractivity (Wildman–Crippen MR) is 83.2 cm³/mol. The van der Waals surface area contributed by atoms with Crippen LogP contribution in [0.5, 0.6) is 0 Å². The molecule has 0 radical (unpaired) electrons. The standard InChI is InChI=1S/C17H22N2O2/c1-14(9-10-15-6-3-2-4-7-15)19-17(20)18-12-11-16-8-5-13-21-16/h2-8,13-14H,9-12H2,1H3,(H2,18,19,20). The van der Waals surface area contributed by atoms with Crippen LogP contribution in [-0.4, -0.2) is 18.6 Å². The van der Waals surface area contributed by atoms with Crippen molar-refractivity contribution >= 4 is 6.03 Å². The molecule has 0 aliphatic carbocycles. The maximum atomic E-state index is 11.7. The summed E-state index contributed by atoms with van der Waals surface area (Å²) in [6.07, 6.45) is 4.24. The Morgan fingerprint density at radius 1 is 1.14 bits per heavy atom. The molecule has 1 heterocycles. The van der Waals surface area contributed by atoms with Crippen LogP contribution in [-0.2, 0) is 12.8 Å². The van der Waals surface area contributed by atoms with Gasteiger partial charge in [0.15, 0.2) is 0 Å². The van der Waals surface area contributed by atoms with Crippen molar-refractivity contribution in [2.45, 2.75) is 32.2 Å². The maximum absolute atomic E-state index is 11.7. The SMILES string of the molecule is CC(CCc1ccccc1)NC(=O)NCCc1ccco1. The van der Waals surface area contributed by atoms with Gasteiger partial charge in [-0.3, -0.25) is 0 Å². The fourth-order valence-corrected chi connectivity index (χ4v) is 2.13. The van der Waals surface area contributed by atoms with Gasteiger partial charge in [0.1, 0.15) is 5.76 Å². The highest BCUT2D eigenvalue weighted by molar-refractivity contribution is 5.74. The molecule has 1 atom stereocenters. The zero-order chi connectivity index (χ0) is 14.9. The molecular weight excluding hydrogens is 264 g/mol. The summed E-state index contributed by atoms with van der Waals surface area (Å²) in [5.74, 6) is 0.882. The van der Waals surface area contributed by atoms with Crippen molar-refractivity contribution in [3.05, 3.63) is 60.1 Å². The number of amides is 2. The first-order chi connectivity index (χ1) is 10.2. The van der Waals surface area contributed by atoms with Gasteiger partial charge in [-0.05, 0) is 37.5 Å². The minimum Gasteiger partial charge on any atom is -0.469 e. The van der Waals surface area contributed by atoms with Gasteiger partial charge in [-0.25, -0.2) is 4.79 Å². The minimum absolute atomic E-state index is 0.123. The third kappa shape index (κ3) is 5.73. The Balaban J connectivity index is 1.60. The highest BCUT2D eigenvalue weighted by Crippen LogP contribution is 2.04. The van der Waals surface area contributed by atoms with Gasteiger partial charge >= 0.3 is 6.03 Å². The van der Waals surface area contributed by atoms with E-state index < -0.39 is 0 Å². The quantitative estimate of drug-likeness (QED) is 0.821. The molecule has 0 spiro atoms. The fraction of sp³-hybridized carbons (Fsp3) is 0.353. The lowest BCUT2D eigenvalue weighted by Gasteiger charge is -2.14. The average Bonchev–Trinajstić information content (AvgIpc) is 2.99. The molecule has 1 unspecified atom stereocenters. The summed E-state index contributed by atoms with van der Waals surface area (Å²) in [5.41, 5.74) is 1.30. The summed E-state index contributed by atoms with van der Waals surface area (Å²) in [6, 6.07) is 14.1. The molecule has 0 aliphatic heterocycles. The normalized spacial score (nSPS) is 11.9. The lowest BCUT2D eigenvalue weighted by atomic mass is 10.1. The van der Waals surface area contributed by atoms with E-state index in [0.717, 1.165) is 18.6 Å². The van der Waals surface area contributed by atoms with Crippen LogP contribution in [0.4, 0.5) is 4.79 Å². The van der Waals surface area contributed by atoms with E-state index >= 15 is 0 Å². The molecule has 4 heteroatoms. The molecule has 112 valence electrons. The molecule has 0 bridgehead atoms. The zero-order valence-corrected chi connectivity index (χ0v) is 12.3. The van der Waals surface area contributed by atoms with E-state index in [4.69, 9.17) is 4.42 Å². The van der Waals surface area contributed by atoms with Crippen LogP contribution in [0.3, 0.4) is 0 Å². The molecule has 0 saturated carbocycles. The van der Waals surface area contributed by atoms with Crippen molar-refractivity contribution in [2.24, 2.45) is 0 Å². The van der Waals surface area contributed by atoms with Gasteiger partial charge in [-0.2, -0.15) is 0 Å². The van der Waals surface area contributed by atoms with Crippen LogP contribution >= 0.6 is 0 Å². The number of hydrogen-bond acceptors (Lipinski definition) is 2. The second kappa shape index (κ2) is 8.15. The average molecular weight is 286 g/mol. The Hall–Kier alpha value is -2.23. The van der Waals surface area contributed by atoms with Crippen molar-refractivity contribution in [1.29, 1.82) is 0 Å². The Bertz CT molecular complexity index is 523. The van der Waals surface area contributed by atoms with E-state index in [1.165, 1.54) is 5.56 Å². The van der Waals surface area contributed by atoms with Crippen molar-refractivity contribution in [3.63, 3.8) is 0 Å². The van der Waals surface area contributed by atoms with Crippen LogP contribution in [0, 0.1) is 0 Å². The second-order valence-corrected chi connectivity index (χ2v) is 5.15. The third-order valence-corrected chi connectivity index (χ3v) is 3.32. The molecule has 1 aromatic carbocycles. The Morgan fingerprint density at radius 2 is 1.95 bits per heavy atom. The molecule has 2 rings (SSSR count). The molecule has 0 fully saturated rings. The van der Waals surface area contributed by atoms with Crippen molar-refractivity contribution in [1.82, 2.24) is 10.6 Å². The van der Waals surface area contributed by atoms with Gasteiger partial charge < -0.3 is 15.1 Å². The third-order valence-electron chi connectivity index (χ3n) is 3.32. The first-order valence-electron chi connectivity index (χ1n) is 7.34. The molecule has 2 N–H and O–H groups in total. The summed E-state index contributed by atoms with van der Waals surface area (Å²) in [6.45, 7) is 2.60. The number of hydrogen-bond donors (Lipinski definition) is 2. The van der Waals surface area contributed by atoms with E-state index in [2.05, 4.69) is 22.8 Å². The van der Waals surface area contributed by atoms with Crippen LogP contribution in [0.25, 0.3) is 0 Å². The summed E-state index contributed by atoms with van der Waals surface area (Å²) < 4.78 is 5.21. The monoisotopic (exact) mass is 286 g/mol. The number of urea groups is 1. The van der Waals surface area contributed by atoms with Gasteiger partial charge in [0.05, 0.1) is 6.26 Å². The Morgan fingerprint density at radius 3 is 2.67 bits per heavy atom. The number of furan rings is 1. The number of carbonyl (C=O) groups is 1. The van der Waals surface area contributed by atoms with E-state index in [1.807, 2.05) is 37.3 Å². The van der Waals surface area contributed by atoms with Gasteiger partial charge in [-0.1, -0.05) is 30.3 Å². The Labute approximate surface area is 125 Å². The van der Waals surface area contributed by atoms with Crippen molar-refractivity contribution in [2.75, 3.05) is 6.54 Å². The van der Waals surface area contributed by atoms with Crippen molar-refractivity contribution in [3.8, 4) is 0 Å². The molecule has 0 aliphatic rings. The topological polar surface area (TPSA) is 54.3 Å². The first kappa shape index (κ1) is 15.2. The fourth-order valence-electron chi connectivity index (χ4n) is 2.13. The van der Waals surface area contributed by atoms with Crippen LogP contribution < -0.4 is 10.6 Å². The molecule has 21 heavy (non-hydrogen) atoms. The van der Waals surface area contributed by atoms with Gasteiger partial charge in [0.25, 0.3) is 0 Å². The minimum atomic E-state index is -0.123. The van der Waals surface area contributed by atoms with Gasteiger partial charge in [0.2, 0.25) is 0 Å². The lowest BCUT2D eigenvalue weighted by molar-refractivity contribution is 0.237. The number of carbonyl (C=O) groups excluding carboxylic acids is 1. The van der Waals surface area contributed by atoms with Crippen LogP contribution in [0.2, 0.25) is 0 Å². The summed E-state index contributed by atoms with van der Waals surface area (Å²) >= 11 is 0. The highest BCUT2D eigenvalue weighted by Gasteiger charge is 2.07. The molecule has 2 amide bonds. The van der Waals surface area contributed by atoms with Crippen LogP contribution in [0.1, 0.15) is 24.7 Å². The molecule has 4 nitrogen and oxygen atoms in total. The van der Waals surface area contributed by atoms with E-state index in [-0.39, 0.29) is 12.1 Å². The zero-order valence-electron chi connectivity index (χ0n) is 12.3. The summed E-state index contributed by atoms with van der Waals surface area (Å²) in [5, 5.41) is 5.79. The van der Waals surface area contributed by atoms with Gasteiger partial charge in [-0.15, -0.1) is 0 Å². The summed E-state index contributed by atoms with van der Waals surface area (Å²) in [7, 11) is 0. The number of rotatable bonds is 7. The molecule has 0 saturated heterocycles. The smallest absolute Gasteiger partial charge is 0.315 e. The van der Waals surface area contributed by atoms with E-state index in [0.29, 0.717) is 13.0 Å². The van der Waals surface area contributed by atoms with Gasteiger partial charge in [0, 0.05) is 19.0 Å². The summed E-state index contributed by atoms with van der Waals surface area (Å²) in [4.78, 5) is 11.7. The number of benzene rings is 1. The molecular formula is C17H22N2O2.